The Kier molecular flexibility index (Phi) is 4.33. The van der Waals surface area contributed by atoms with Gasteiger partial charge in [-0.2, -0.15) is 9.40 Å². The monoisotopic (exact) mass is 323 g/mol. The van der Waals surface area contributed by atoms with Crippen LogP contribution in [0.25, 0.3) is 0 Å². The van der Waals surface area contributed by atoms with Gasteiger partial charge in [-0.05, 0) is 0 Å². The summed E-state index contributed by atoms with van der Waals surface area (Å²) in [5.74, 6) is -1.03. The van der Waals surface area contributed by atoms with Gasteiger partial charge in [0.05, 0.1) is 30.4 Å². The molecule has 20 heavy (non-hydrogen) atoms. The van der Waals surface area contributed by atoms with Gasteiger partial charge in [-0.1, -0.05) is 11.6 Å². The molecule has 0 aliphatic carbocycles. The van der Waals surface area contributed by atoms with E-state index in [4.69, 9.17) is 21.4 Å². The summed E-state index contributed by atoms with van der Waals surface area (Å²) in [6, 6.07) is 0. The normalized spacial score (nSPS) is 21.0. The summed E-state index contributed by atoms with van der Waals surface area (Å²) in [6.07, 6.45) is 0.345. The van der Waals surface area contributed by atoms with Crippen LogP contribution < -0.4 is 0 Å². The van der Waals surface area contributed by atoms with Crippen LogP contribution in [0.15, 0.2) is 11.2 Å². The molecule has 1 aliphatic heterocycles. The number of nitrogens with zero attached hydrogens (tertiary/aromatic N) is 3. The molecule has 0 amide bonds. The number of hydrogen-bond donors (Lipinski definition) is 1. The summed E-state index contributed by atoms with van der Waals surface area (Å²) in [4.78, 5) is 10.7. The summed E-state index contributed by atoms with van der Waals surface area (Å²) in [6.45, 7) is 0.281. The van der Waals surface area contributed by atoms with E-state index in [1.165, 1.54) is 22.2 Å². The van der Waals surface area contributed by atoms with Crippen molar-refractivity contribution in [3.63, 3.8) is 0 Å². The fourth-order valence-electron chi connectivity index (χ4n) is 2.04. The lowest BCUT2D eigenvalue weighted by Crippen LogP contribution is -2.46. The number of ether oxygens (including phenoxy) is 1. The predicted octanol–water partition coefficient (Wildman–Crippen LogP) is -0.0623. The van der Waals surface area contributed by atoms with Gasteiger partial charge in [-0.25, -0.2) is 8.42 Å². The number of rotatable bonds is 4. The molecule has 1 aliphatic rings. The highest BCUT2D eigenvalue weighted by Crippen LogP contribution is 2.25. The minimum Gasteiger partial charge on any atom is -0.481 e. The minimum absolute atomic E-state index is 0.0177. The number of carbonyl (C=O) groups is 1. The molecular formula is C10H14ClN3O5S. The van der Waals surface area contributed by atoms with Gasteiger partial charge in [-0.3, -0.25) is 9.48 Å². The second kappa shape index (κ2) is 5.68. The molecule has 1 saturated heterocycles. The van der Waals surface area contributed by atoms with E-state index in [9.17, 15) is 13.2 Å². The average Bonchev–Trinajstić information content (AvgIpc) is 2.69. The maximum Gasteiger partial charge on any atom is 0.306 e. The van der Waals surface area contributed by atoms with E-state index in [0.717, 1.165) is 0 Å². The van der Waals surface area contributed by atoms with Gasteiger partial charge in [0.15, 0.2) is 5.03 Å². The van der Waals surface area contributed by atoms with Gasteiger partial charge in [0.25, 0.3) is 10.0 Å². The fourth-order valence-corrected chi connectivity index (χ4v) is 4.10. The molecule has 8 nitrogen and oxygen atoms in total. The zero-order valence-corrected chi connectivity index (χ0v) is 12.3. The van der Waals surface area contributed by atoms with Crippen molar-refractivity contribution in [3.8, 4) is 0 Å². The van der Waals surface area contributed by atoms with Crippen LogP contribution in [0.3, 0.4) is 0 Å². The fraction of sp³-hybridized carbons (Fsp3) is 0.600. The molecule has 10 heteroatoms. The number of hydrogen-bond acceptors (Lipinski definition) is 5. The van der Waals surface area contributed by atoms with Crippen LogP contribution in [-0.4, -0.2) is 59.4 Å². The molecule has 1 aromatic heterocycles. The number of aliphatic carboxylic acids is 1. The number of morpholine rings is 1. The first-order valence-electron chi connectivity index (χ1n) is 5.83. The first-order valence-corrected chi connectivity index (χ1v) is 7.65. The third-order valence-corrected chi connectivity index (χ3v) is 5.30. The summed E-state index contributed by atoms with van der Waals surface area (Å²) in [5, 5.41) is 12.5. The molecule has 1 atom stereocenters. The van der Waals surface area contributed by atoms with Crippen molar-refractivity contribution in [3.05, 3.63) is 11.2 Å². The zero-order valence-electron chi connectivity index (χ0n) is 10.7. The number of sulfonamides is 1. The number of carboxylic acid groups (broad SMARTS) is 1. The van der Waals surface area contributed by atoms with E-state index in [2.05, 4.69) is 5.10 Å². The van der Waals surface area contributed by atoms with Crippen LogP contribution in [0.5, 0.6) is 0 Å². The molecule has 112 valence electrons. The SMILES string of the molecule is Cn1ncc(Cl)c1S(=O)(=O)N1CCOC(CC(=O)O)C1. The Balaban J connectivity index is 2.24. The van der Waals surface area contributed by atoms with E-state index < -0.39 is 22.1 Å². The van der Waals surface area contributed by atoms with Crippen LogP contribution in [0.4, 0.5) is 0 Å². The van der Waals surface area contributed by atoms with Crippen molar-refractivity contribution in [2.45, 2.75) is 17.6 Å². The molecule has 0 aromatic carbocycles. The molecule has 1 unspecified atom stereocenters. The van der Waals surface area contributed by atoms with E-state index in [1.807, 2.05) is 0 Å². The van der Waals surface area contributed by atoms with E-state index in [0.29, 0.717) is 0 Å². The molecule has 1 N–H and O–H groups in total. The number of carboxylic acids is 1. The number of aromatic nitrogens is 2. The topological polar surface area (TPSA) is 102 Å². The Morgan fingerprint density at radius 3 is 2.90 bits per heavy atom. The zero-order chi connectivity index (χ0) is 14.9. The third kappa shape index (κ3) is 2.95. The van der Waals surface area contributed by atoms with E-state index in [-0.39, 0.29) is 36.2 Å². The number of aryl methyl sites for hydroxylation is 1. The molecule has 1 fully saturated rings. The van der Waals surface area contributed by atoms with Gasteiger partial charge in [0, 0.05) is 20.1 Å². The largest absolute Gasteiger partial charge is 0.481 e. The number of halogens is 1. The van der Waals surface area contributed by atoms with Crippen molar-refractivity contribution in [2.75, 3.05) is 19.7 Å². The second-order valence-corrected chi connectivity index (χ2v) is 6.64. The van der Waals surface area contributed by atoms with Gasteiger partial charge in [0.2, 0.25) is 0 Å². The standard InChI is InChI=1S/C10H14ClN3O5S/c1-13-10(8(11)5-12-13)20(17,18)14-2-3-19-7(6-14)4-9(15)16/h5,7H,2-4,6H2,1H3,(H,15,16). The molecule has 0 spiro atoms. The summed E-state index contributed by atoms with van der Waals surface area (Å²) in [5.41, 5.74) is 0. The lowest BCUT2D eigenvalue weighted by atomic mass is 10.2. The lowest BCUT2D eigenvalue weighted by Gasteiger charge is -2.31. The predicted molar refractivity (Wildman–Crippen MR) is 69.0 cm³/mol. The summed E-state index contributed by atoms with van der Waals surface area (Å²) in [7, 11) is -2.34. The molecule has 0 saturated carbocycles. The van der Waals surface area contributed by atoms with Crippen LogP contribution >= 0.6 is 11.6 Å². The van der Waals surface area contributed by atoms with Crippen LogP contribution in [0.1, 0.15) is 6.42 Å². The average molecular weight is 324 g/mol. The highest BCUT2D eigenvalue weighted by atomic mass is 35.5. The summed E-state index contributed by atoms with van der Waals surface area (Å²) >= 11 is 5.86. The Morgan fingerprint density at radius 1 is 1.65 bits per heavy atom. The van der Waals surface area contributed by atoms with Gasteiger partial charge in [0.1, 0.15) is 0 Å². The molecule has 2 rings (SSSR count). The van der Waals surface area contributed by atoms with Crippen molar-refractivity contribution < 1.29 is 23.1 Å². The first kappa shape index (κ1) is 15.2. The lowest BCUT2D eigenvalue weighted by molar-refractivity contribution is -0.141. The molecule has 1 aromatic rings. The highest BCUT2D eigenvalue weighted by molar-refractivity contribution is 7.89. The van der Waals surface area contributed by atoms with Crippen LogP contribution in [0, 0.1) is 0 Å². The quantitative estimate of drug-likeness (QED) is 0.832. The van der Waals surface area contributed by atoms with E-state index in [1.54, 1.807) is 0 Å². The smallest absolute Gasteiger partial charge is 0.306 e. The maximum absolute atomic E-state index is 12.5. The summed E-state index contributed by atoms with van der Waals surface area (Å²) < 4.78 is 32.6. The Labute approximate surface area is 120 Å². The van der Waals surface area contributed by atoms with Crippen molar-refractivity contribution in [1.29, 1.82) is 0 Å². The Hall–Kier alpha value is -1.16. The second-order valence-electron chi connectivity index (χ2n) is 4.37. The highest BCUT2D eigenvalue weighted by Gasteiger charge is 2.35. The van der Waals surface area contributed by atoms with Crippen molar-refractivity contribution in [2.24, 2.45) is 7.05 Å². The van der Waals surface area contributed by atoms with Gasteiger partial charge >= 0.3 is 5.97 Å². The van der Waals surface area contributed by atoms with E-state index >= 15 is 0 Å². The van der Waals surface area contributed by atoms with Gasteiger partial charge in [-0.15, -0.1) is 0 Å². The Bertz CT molecular complexity index is 595. The molecular weight excluding hydrogens is 310 g/mol. The third-order valence-electron chi connectivity index (χ3n) is 2.93. The van der Waals surface area contributed by atoms with Gasteiger partial charge < -0.3 is 9.84 Å². The van der Waals surface area contributed by atoms with Crippen LogP contribution in [-0.2, 0) is 26.6 Å². The molecule has 0 bridgehead atoms. The van der Waals surface area contributed by atoms with Crippen molar-refractivity contribution in [1.82, 2.24) is 14.1 Å². The molecule has 0 radical (unpaired) electrons. The van der Waals surface area contributed by atoms with Crippen molar-refractivity contribution >= 4 is 27.6 Å². The minimum atomic E-state index is -3.82. The first-order chi connectivity index (χ1) is 9.32. The maximum atomic E-state index is 12.5. The van der Waals surface area contributed by atoms with Crippen LogP contribution in [0.2, 0.25) is 5.02 Å². The Morgan fingerprint density at radius 2 is 2.35 bits per heavy atom. The molecule has 2 heterocycles.